The minimum absolute atomic E-state index is 0.468. The Labute approximate surface area is 111 Å². The van der Waals surface area contributed by atoms with Gasteiger partial charge in [-0.05, 0) is 19.4 Å². The minimum atomic E-state index is -0.468. The summed E-state index contributed by atoms with van der Waals surface area (Å²) in [6.45, 7) is 4.43. The molecule has 0 amide bonds. The summed E-state index contributed by atoms with van der Waals surface area (Å²) in [5.41, 5.74) is 0.848. The monoisotopic (exact) mass is 263 g/mol. The van der Waals surface area contributed by atoms with Gasteiger partial charge in [-0.25, -0.2) is 4.98 Å². The Morgan fingerprint density at radius 3 is 2.83 bits per heavy atom. The molecule has 0 fully saturated rings. The third kappa shape index (κ3) is 3.09. The lowest BCUT2D eigenvalue weighted by Crippen LogP contribution is -2.01. The van der Waals surface area contributed by atoms with Crippen LogP contribution in [-0.2, 0) is 6.61 Å². The van der Waals surface area contributed by atoms with E-state index >= 15 is 0 Å². The molecule has 1 atom stereocenters. The average molecular weight is 263 g/mol. The summed E-state index contributed by atoms with van der Waals surface area (Å²) < 4.78 is 5.77. The van der Waals surface area contributed by atoms with Crippen LogP contribution in [0.4, 0.5) is 0 Å². The standard InChI is InChI=1S/C14H17NO2S/c1-3-13(16)12-6-4-5-7-14(12)17-9-11-8-15-10(2)18-11/h4-8,13,16H,3,9H2,1-2H3. The van der Waals surface area contributed by atoms with Gasteiger partial charge in [-0.3, -0.25) is 0 Å². The number of nitrogens with zero attached hydrogens (tertiary/aromatic N) is 1. The van der Waals surface area contributed by atoms with E-state index in [-0.39, 0.29) is 0 Å². The SMILES string of the molecule is CCC(O)c1ccccc1OCc1cnc(C)s1. The van der Waals surface area contributed by atoms with Gasteiger partial charge in [0, 0.05) is 11.8 Å². The Kier molecular flexibility index (Phi) is 4.33. The van der Waals surface area contributed by atoms with Gasteiger partial charge in [0.2, 0.25) is 0 Å². The van der Waals surface area contributed by atoms with Crippen molar-refractivity contribution in [3.05, 3.63) is 45.9 Å². The molecule has 4 heteroatoms. The van der Waals surface area contributed by atoms with Crippen LogP contribution in [0.15, 0.2) is 30.5 Å². The first-order valence-corrected chi connectivity index (χ1v) is 6.83. The molecule has 0 saturated carbocycles. The molecule has 1 unspecified atom stereocenters. The van der Waals surface area contributed by atoms with Crippen molar-refractivity contribution in [3.8, 4) is 5.75 Å². The predicted octanol–water partition coefficient (Wildman–Crippen LogP) is 3.47. The Hall–Kier alpha value is -1.39. The maximum atomic E-state index is 9.92. The lowest BCUT2D eigenvalue weighted by atomic mass is 10.1. The van der Waals surface area contributed by atoms with E-state index in [4.69, 9.17) is 4.74 Å². The Balaban J connectivity index is 2.09. The van der Waals surface area contributed by atoms with Crippen LogP contribution in [0.5, 0.6) is 5.75 Å². The fourth-order valence-corrected chi connectivity index (χ4v) is 2.44. The van der Waals surface area contributed by atoms with Gasteiger partial charge in [0.05, 0.1) is 16.0 Å². The average Bonchev–Trinajstić information content (AvgIpc) is 2.81. The molecule has 0 aliphatic heterocycles. The molecular weight excluding hydrogens is 246 g/mol. The summed E-state index contributed by atoms with van der Waals surface area (Å²) in [5.74, 6) is 0.748. The Morgan fingerprint density at radius 1 is 1.39 bits per heavy atom. The quantitative estimate of drug-likeness (QED) is 0.898. The van der Waals surface area contributed by atoms with Crippen molar-refractivity contribution in [1.29, 1.82) is 0 Å². The van der Waals surface area contributed by atoms with Gasteiger partial charge in [0.1, 0.15) is 12.4 Å². The second-order valence-electron chi connectivity index (χ2n) is 4.10. The second-order valence-corrected chi connectivity index (χ2v) is 5.42. The third-order valence-electron chi connectivity index (χ3n) is 2.70. The van der Waals surface area contributed by atoms with Crippen LogP contribution in [0, 0.1) is 6.92 Å². The number of aliphatic hydroxyl groups excluding tert-OH is 1. The predicted molar refractivity (Wildman–Crippen MR) is 72.9 cm³/mol. The van der Waals surface area contributed by atoms with Crippen LogP contribution in [0.3, 0.4) is 0 Å². The van der Waals surface area contributed by atoms with Gasteiger partial charge in [0.15, 0.2) is 0 Å². The van der Waals surface area contributed by atoms with Crippen molar-refractivity contribution in [2.75, 3.05) is 0 Å². The van der Waals surface area contributed by atoms with E-state index in [1.807, 2.05) is 44.3 Å². The number of hydrogen-bond donors (Lipinski definition) is 1. The van der Waals surface area contributed by atoms with Crippen LogP contribution in [0.2, 0.25) is 0 Å². The van der Waals surface area contributed by atoms with Gasteiger partial charge < -0.3 is 9.84 Å². The zero-order valence-corrected chi connectivity index (χ0v) is 11.4. The fourth-order valence-electron chi connectivity index (χ4n) is 1.73. The number of benzene rings is 1. The molecular formula is C14H17NO2S. The lowest BCUT2D eigenvalue weighted by Gasteiger charge is -2.14. The van der Waals surface area contributed by atoms with Crippen LogP contribution in [-0.4, -0.2) is 10.1 Å². The first kappa shape index (κ1) is 13.1. The molecule has 1 N–H and O–H groups in total. The molecule has 2 aromatic rings. The fraction of sp³-hybridized carbons (Fsp3) is 0.357. The van der Waals surface area contributed by atoms with E-state index in [1.165, 1.54) is 0 Å². The first-order chi connectivity index (χ1) is 8.70. The number of hydrogen-bond acceptors (Lipinski definition) is 4. The van der Waals surface area contributed by atoms with Crippen LogP contribution >= 0.6 is 11.3 Å². The van der Waals surface area contributed by atoms with Gasteiger partial charge in [-0.2, -0.15) is 0 Å². The van der Waals surface area contributed by atoms with E-state index in [0.717, 1.165) is 21.2 Å². The zero-order valence-electron chi connectivity index (χ0n) is 10.6. The van der Waals surface area contributed by atoms with Gasteiger partial charge in [0.25, 0.3) is 0 Å². The summed E-state index contributed by atoms with van der Waals surface area (Å²) in [4.78, 5) is 5.28. The van der Waals surface area contributed by atoms with E-state index in [9.17, 15) is 5.11 Å². The molecule has 18 heavy (non-hydrogen) atoms. The van der Waals surface area contributed by atoms with Gasteiger partial charge in [-0.1, -0.05) is 25.1 Å². The highest BCUT2D eigenvalue weighted by molar-refractivity contribution is 7.11. The van der Waals surface area contributed by atoms with Crippen molar-refractivity contribution >= 4 is 11.3 Å². The van der Waals surface area contributed by atoms with Crippen molar-refractivity contribution in [1.82, 2.24) is 4.98 Å². The van der Waals surface area contributed by atoms with Crippen molar-refractivity contribution in [2.24, 2.45) is 0 Å². The highest BCUT2D eigenvalue weighted by atomic mass is 32.1. The highest BCUT2D eigenvalue weighted by Gasteiger charge is 2.11. The molecule has 3 nitrogen and oxygen atoms in total. The van der Waals surface area contributed by atoms with Crippen LogP contribution in [0.25, 0.3) is 0 Å². The summed E-state index contributed by atoms with van der Waals surface area (Å²) in [6.07, 6.45) is 2.04. The van der Waals surface area contributed by atoms with Crippen LogP contribution in [0.1, 0.15) is 34.9 Å². The normalized spacial score (nSPS) is 12.4. The molecule has 1 heterocycles. The lowest BCUT2D eigenvalue weighted by molar-refractivity contribution is 0.166. The minimum Gasteiger partial charge on any atom is -0.488 e. The zero-order chi connectivity index (χ0) is 13.0. The maximum Gasteiger partial charge on any atom is 0.125 e. The number of aryl methyl sites for hydroxylation is 1. The second kappa shape index (κ2) is 5.98. The highest BCUT2D eigenvalue weighted by Crippen LogP contribution is 2.27. The number of ether oxygens (including phenoxy) is 1. The van der Waals surface area contributed by atoms with E-state index in [1.54, 1.807) is 11.3 Å². The molecule has 0 aliphatic rings. The number of thiazole rings is 1. The molecule has 0 radical (unpaired) electrons. The third-order valence-corrected chi connectivity index (χ3v) is 3.59. The molecule has 96 valence electrons. The largest absolute Gasteiger partial charge is 0.488 e. The summed E-state index contributed by atoms with van der Waals surface area (Å²) in [7, 11) is 0. The first-order valence-electron chi connectivity index (χ1n) is 6.01. The number of rotatable bonds is 5. The molecule has 1 aromatic heterocycles. The topological polar surface area (TPSA) is 42.4 Å². The number of aromatic nitrogens is 1. The molecule has 2 rings (SSSR count). The molecule has 0 aliphatic carbocycles. The van der Waals surface area contributed by atoms with E-state index in [2.05, 4.69) is 4.98 Å². The van der Waals surface area contributed by atoms with E-state index in [0.29, 0.717) is 13.0 Å². The summed E-state index contributed by atoms with van der Waals surface area (Å²) >= 11 is 1.63. The van der Waals surface area contributed by atoms with Crippen molar-refractivity contribution < 1.29 is 9.84 Å². The van der Waals surface area contributed by atoms with Gasteiger partial charge in [-0.15, -0.1) is 11.3 Å². The van der Waals surface area contributed by atoms with Crippen molar-refractivity contribution in [2.45, 2.75) is 33.0 Å². The number of aliphatic hydroxyl groups is 1. The molecule has 0 saturated heterocycles. The molecule has 1 aromatic carbocycles. The molecule has 0 spiro atoms. The van der Waals surface area contributed by atoms with Gasteiger partial charge >= 0.3 is 0 Å². The Bertz CT molecular complexity index is 510. The van der Waals surface area contributed by atoms with E-state index < -0.39 is 6.10 Å². The summed E-state index contributed by atoms with van der Waals surface area (Å²) in [6, 6.07) is 7.63. The van der Waals surface area contributed by atoms with Crippen molar-refractivity contribution in [3.63, 3.8) is 0 Å². The maximum absolute atomic E-state index is 9.92. The van der Waals surface area contributed by atoms with Crippen LogP contribution < -0.4 is 4.74 Å². The Morgan fingerprint density at radius 2 is 2.17 bits per heavy atom. The molecule has 0 bridgehead atoms. The summed E-state index contributed by atoms with van der Waals surface area (Å²) in [5, 5.41) is 11.0. The smallest absolute Gasteiger partial charge is 0.125 e. The number of para-hydroxylation sites is 1.